The highest BCUT2D eigenvalue weighted by molar-refractivity contribution is 5.81. The van der Waals surface area contributed by atoms with Crippen molar-refractivity contribution in [1.82, 2.24) is 5.32 Å². The molecule has 0 saturated heterocycles. The van der Waals surface area contributed by atoms with E-state index >= 15 is 0 Å². The lowest BCUT2D eigenvalue weighted by atomic mass is 9.89. The van der Waals surface area contributed by atoms with Crippen LogP contribution in [0.5, 0.6) is 0 Å². The smallest absolute Gasteiger partial charge is 0.237 e. The zero-order valence-electron chi connectivity index (χ0n) is 9.66. The molecule has 0 bridgehead atoms. The summed E-state index contributed by atoms with van der Waals surface area (Å²) in [5, 5.41) is 2.95. The molecule has 0 spiro atoms. The maximum atomic E-state index is 11.6. The summed E-state index contributed by atoms with van der Waals surface area (Å²) in [5.41, 5.74) is 5.75. The normalized spacial score (nSPS) is 26.9. The van der Waals surface area contributed by atoms with Crippen LogP contribution in [-0.2, 0) is 9.53 Å². The first-order valence-corrected chi connectivity index (χ1v) is 5.76. The summed E-state index contributed by atoms with van der Waals surface area (Å²) >= 11 is 0. The molecular weight excluding hydrogens is 192 g/mol. The molecular formula is C11H22N2O2. The van der Waals surface area contributed by atoms with E-state index < -0.39 is 0 Å². The van der Waals surface area contributed by atoms with E-state index in [1.54, 1.807) is 7.11 Å². The van der Waals surface area contributed by atoms with E-state index in [1.807, 2.05) is 0 Å². The van der Waals surface area contributed by atoms with Crippen molar-refractivity contribution in [2.75, 3.05) is 7.11 Å². The summed E-state index contributed by atoms with van der Waals surface area (Å²) in [5.74, 6) is -0.0111. The number of hydrogen-bond donors (Lipinski definition) is 2. The number of unbranched alkanes of at least 4 members (excludes halogenated alkanes) is 1. The zero-order valence-corrected chi connectivity index (χ0v) is 9.66. The third-order valence-electron chi connectivity index (χ3n) is 2.98. The van der Waals surface area contributed by atoms with Crippen LogP contribution in [0.25, 0.3) is 0 Å². The Balaban J connectivity index is 2.13. The number of rotatable bonds is 6. The lowest BCUT2D eigenvalue weighted by Gasteiger charge is -2.35. The topological polar surface area (TPSA) is 64.4 Å². The average molecular weight is 214 g/mol. The lowest BCUT2D eigenvalue weighted by molar-refractivity contribution is -0.124. The Morgan fingerprint density at radius 3 is 2.80 bits per heavy atom. The highest BCUT2D eigenvalue weighted by Gasteiger charge is 2.30. The largest absolute Gasteiger partial charge is 0.381 e. The van der Waals surface area contributed by atoms with Crippen LogP contribution < -0.4 is 11.1 Å². The van der Waals surface area contributed by atoms with Crippen molar-refractivity contribution in [3.05, 3.63) is 0 Å². The number of hydrogen-bond acceptors (Lipinski definition) is 3. The molecule has 1 atom stereocenters. The van der Waals surface area contributed by atoms with Gasteiger partial charge in [-0.2, -0.15) is 0 Å². The Labute approximate surface area is 91.5 Å². The molecule has 0 aliphatic heterocycles. The fraction of sp³-hybridized carbons (Fsp3) is 0.909. The van der Waals surface area contributed by atoms with Gasteiger partial charge in [0.1, 0.15) is 0 Å². The molecule has 4 nitrogen and oxygen atoms in total. The maximum absolute atomic E-state index is 11.6. The standard InChI is InChI=1S/C11H22N2O2/c1-3-4-5-10(12)11(14)13-8-6-9(7-8)15-2/h8-10H,3-7,12H2,1-2H3,(H,13,14). The number of methoxy groups -OCH3 is 1. The summed E-state index contributed by atoms with van der Waals surface area (Å²) in [6.45, 7) is 2.10. The molecule has 1 fully saturated rings. The number of ether oxygens (including phenoxy) is 1. The van der Waals surface area contributed by atoms with Gasteiger partial charge in [-0.15, -0.1) is 0 Å². The summed E-state index contributed by atoms with van der Waals surface area (Å²) in [6, 6.07) is -0.0679. The van der Waals surface area contributed by atoms with Crippen LogP contribution in [-0.4, -0.2) is 31.2 Å². The lowest BCUT2D eigenvalue weighted by Crippen LogP contribution is -2.52. The fourth-order valence-corrected chi connectivity index (χ4v) is 1.74. The summed E-state index contributed by atoms with van der Waals surface area (Å²) in [4.78, 5) is 11.6. The second-order valence-electron chi connectivity index (χ2n) is 4.28. The molecule has 1 rings (SSSR count). The Morgan fingerprint density at radius 1 is 1.60 bits per heavy atom. The highest BCUT2D eigenvalue weighted by atomic mass is 16.5. The van der Waals surface area contributed by atoms with Crippen molar-refractivity contribution < 1.29 is 9.53 Å². The number of amides is 1. The van der Waals surface area contributed by atoms with E-state index in [4.69, 9.17) is 10.5 Å². The van der Waals surface area contributed by atoms with Crippen molar-refractivity contribution in [2.24, 2.45) is 5.73 Å². The van der Waals surface area contributed by atoms with Crippen LogP contribution in [0.15, 0.2) is 0 Å². The minimum atomic E-state index is -0.341. The minimum absolute atomic E-state index is 0.0111. The molecule has 88 valence electrons. The molecule has 0 radical (unpaired) electrons. The van der Waals surface area contributed by atoms with Gasteiger partial charge < -0.3 is 15.8 Å². The Hall–Kier alpha value is -0.610. The molecule has 0 aromatic carbocycles. The average Bonchev–Trinajstić information content (AvgIpc) is 2.18. The van der Waals surface area contributed by atoms with Gasteiger partial charge in [-0.3, -0.25) is 4.79 Å². The van der Waals surface area contributed by atoms with Gasteiger partial charge in [0, 0.05) is 13.2 Å². The molecule has 1 unspecified atom stereocenters. The van der Waals surface area contributed by atoms with Crippen LogP contribution in [0.4, 0.5) is 0 Å². The first-order valence-electron chi connectivity index (χ1n) is 5.76. The van der Waals surface area contributed by atoms with Crippen LogP contribution in [0.3, 0.4) is 0 Å². The number of carbonyl (C=O) groups is 1. The van der Waals surface area contributed by atoms with Crippen LogP contribution in [0, 0.1) is 0 Å². The molecule has 3 N–H and O–H groups in total. The molecule has 4 heteroatoms. The zero-order chi connectivity index (χ0) is 11.3. The molecule has 1 amide bonds. The first kappa shape index (κ1) is 12.5. The molecule has 0 heterocycles. The Bertz CT molecular complexity index is 203. The van der Waals surface area contributed by atoms with Crippen molar-refractivity contribution in [3.8, 4) is 0 Å². The fourth-order valence-electron chi connectivity index (χ4n) is 1.74. The van der Waals surface area contributed by atoms with Gasteiger partial charge in [-0.05, 0) is 19.3 Å². The quantitative estimate of drug-likeness (QED) is 0.687. The second kappa shape index (κ2) is 6.08. The maximum Gasteiger partial charge on any atom is 0.237 e. The Kier molecular flexibility index (Phi) is 5.05. The van der Waals surface area contributed by atoms with Crippen LogP contribution in [0.2, 0.25) is 0 Å². The van der Waals surface area contributed by atoms with Crippen molar-refractivity contribution >= 4 is 5.91 Å². The number of nitrogens with two attached hydrogens (primary N) is 1. The number of carbonyl (C=O) groups excluding carboxylic acids is 1. The predicted octanol–water partition coefficient (Wildman–Crippen LogP) is 0.797. The second-order valence-corrected chi connectivity index (χ2v) is 4.28. The summed E-state index contributed by atoms with van der Waals surface area (Å²) in [6.07, 6.45) is 5.03. The van der Waals surface area contributed by atoms with E-state index in [0.29, 0.717) is 6.10 Å². The minimum Gasteiger partial charge on any atom is -0.381 e. The van der Waals surface area contributed by atoms with E-state index in [1.165, 1.54) is 0 Å². The third-order valence-corrected chi connectivity index (χ3v) is 2.98. The van der Waals surface area contributed by atoms with Gasteiger partial charge in [0.05, 0.1) is 12.1 Å². The molecule has 0 aromatic heterocycles. The van der Waals surface area contributed by atoms with Gasteiger partial charge in [0.15, 0.2) is 0 Å². The van der Waals surface area contributed by atoms with Crippen molar-refractivity contribution in [2.45, 2.75) is 57.2 Å². The SMILES string of the molecule is CCCCC(N)C(=O)NC1CC(OC)C1. The van der Waals surface area contributed by atoms with Crippen LogP contribution >= 0.6 is 0 Å². The van der Waals surface area contributed by atoms with Gasteiger partial charge in [0.25, 0.3) is 0 Å². The molecule has 1 saturated carbocycles. The molecule has 1 aliphatic carbocycles. The highest BCUT2D eigenvalue weighted by Crippen LogP contribution is 2.22. The first-order chi connectivity index (χ1) is 7.17. The van der Waals surface area contributed by atoms with Gasteiger partial charge in [-0.25, -0.2) is 0 Å². The monoisotopic (exact) mass is 214 g/mol. The van der Waals surface area contributed by atoms with Gasteiger partial charge >= 0.3 is 0 Å². The van der Waals surface area contributed by atoms with E-state index in [-0.39, 0.29) is 18.0 Å². The van der Waals surface area contributed by atoms with E-state index in [2.05, 4.69) is 12.2 Å². The summed E-state index contributed by atoms with van der Waals surface area (Å²) in [7, 11) is 1.70. The summed E-state index contributed by atoms with van der Waals surface area (Å²) < 4.78 is 5.14. The Morgan fingerprint density at radius 2 is 2.27 bits per heavy atom. The van der Waals surface area contributed by atoms with Crippen LogP contribution in [0.1, 0.15) is 39.0 Å². The van der Waals surface area contributed by atoms with E-state index in [0.717, 1.165) is 32.1 Å². The van der Waals surface area contributed by atoms with Gasteiger partial charge in [-0.1, -0.05) is 19.8 Å². The van der Waals surface area contributed by atoms with Crippen molar-refractivity contribution in [1.29, 1.82) is 0 Å². The number of nitrogens with one attached hydrogen (secondary N) is 1. The molecule has 15 heavy (non-hydrogen) atoms. The third kappa shape index (κ3) is 3.80. The van der Waals surface area contributed by atoms with Gasteiger partial charge in [0.2, 0.25) is 5.91 Å². The van der Waals surface area contributed by atoms with E-state index in [9.17, 15) is 4.79 Å². The molecule has 1 aliphatic rings. The molecule has 0 aromatic rings. The predicted molar refractivity (Wildman–Crippen MR) is 59.5 cm³/mol. The van der Waals surface area contributed by atoms with Crippen molar-refractivity contribution in [3.63, 3.8) is 0 Å².